The number of Topliss-reactive ketones (excluding diaryl/α,β-unsaturated/α-hetero) is 1. The number of halogens is 3. The predicted octanol–water partition coefficient (Wildman–Crippen LogP) is 2.27. The van der Waals surface area contributed by atoms with Crippen LogP contribution in [0.3, 0.4) is 0 Å². The molecule has 104 valence electrons. The molecule has 0 radical (unpaired) electrons. The number of benzene rings is 1. The first-order valence-corrected chi connectivity index (χ1v) is 5.22. The number of rotatable bonds is 5. The zero-order valence-corrected chi connectivity index (χ0v) is 9.98. The Bertz CT molecular complexity index is 488. The SMILES string of the molecule is CN(CC(=O)c1cccc([N+](=O)[O-])c1)CC(F)(F)F. The largest absolute Gasteiger partial charge is 0.401 e. The summed E-state index contributed by atoms with van der Waals surface area (Å²) in [7, 11) is 1.16. The smallest absolute Gasteiger partial charge is 0.293 e. The van der Waals surface area contributed by atoms with Crippen molar-refractivity contribution in [2.24, 2.45) is 0 Å². The second kappa shape index (κ2) is 5.79. The molecule has 0 heterocycles. The van der Waals surface area contributed by atoms with Crippen LogP contribution in [0.4, 0.5) is 18.9 Å². The summed E-state index contributed by atoms with van der Waals surface area (Å²) >= 11 is 0. The third-order valence-corrected chi connectivity index (χ3v) is 2.24. The van der Waals surface area contributed by atoms with E-state index in [1.165, 1.54) is 18.2 Å². The highest BCUT2D eigenvalue weighted by molar-refractivity contribution is 5.98. The Morgan fingerprint density at radius 1 is 1.42 bits per heavy atom. The van der Waals surface area contributed by atoms with Crippen molar-refractivity contribution in [1.82, 2.24) is 4.90 Å². The van der Waals surface area contributed by atoms with Gasteiger partial charge in [0.05, 0.1) is 18.0 Å². The zero-order chi connectivity index (χ0) is 14.6. The van der Waals surface area contributed by atoms with E-state index in [1.54, 1.807) is 0 Å². The van der Waals surface area contributed by atoms with Crippen molar-refractivity contribution in [3.63, 3.8) is 0 Å². The average molecular weight is 276 g/mol. The molecule has 0 aliphatic carbocycles. The van der Waals surface area contributed by atoms with E-state index in [-0.39, 0.29) is 11.3 Å². The van der Waals surface area contributed by atoms with Crippen LogP contribution in [-0.2, 0) is 0 Å². The maximum atomic E-state index is 12.1. The molecule has 1 aromatic carbocycles. The topological polar surface area (TPSA) is 63.5 Å². The molecule has 1 rings (SSSR count). The van der Waals surface area contributed by atoms with E-state index in [1.807, 2.05) is 0 Å². The Labute approximate surface area is 106 Å². The number of hydrogen-bond donors (Lipinski definition) is 0. The predicted molar refractivity (Wildman–Crippen MR) is 61.0 cm³/mol. The number of likely N-dealkylation sites (N-methyl/N-ethyl adjacent to an activating group) is 1. The van der Waals surface area contributed by atoms with Crippen molar-refractivity contribution in [2.75, 3.05) is 20.1 Å². The molecule has 19 heavy (non-hydrogen) atoms. The number of carbonyl (C=O) groups excluding carboxylic acids is 1. The molecule has 0 atom stereocenters. The number of nitrogens with zero attached hydrogens (tertiary/aromatic N) is 2. The molecule has 0 fully saturated rings. The van der Waals surface area contributed by atoms with Gasteiger partial charge in [0.2, 0.25) is 0 Å². The number of non-ortho nitro benzene ring substituents is 1. The van der Waals surface area contributed by atoms with Gasteiger partial charge in [0, 0.05) is 17.7 Å². The number of nitro groups is 1. The molecule has 0 N–H and O–H groups in total. The van der Waals surface area contributed by atoms with Crippen LogP contribution < -0.4 is 0 Å². The van der Waals surface area contributed by atoms with Crippen LogP contribution in [0.5, 0.6) is 0 Å². The number of carbonyl (C=O) groups is 1. The summed E-state index contributed by atoms with van der Waals surface area (Å²) in [5, 5.41) is 10.5. The molecule has 1 aromatic rings. The highest BCUT2D eigenvalue weighted by atomic mass is 19.4. The molecular weight excluding hydrogens is 265 g/mol. The molecule has 0 bridgehead atoms. The van der Waals surface area contributed by atoms with E-state index in [0.29, 0.717) is 0 Å². The standard InChI is InChI=1S/C11H11F3N2O3/c1-15(7-11(12,13)14)6-10(17)8-3-2-4-9(5-8)16(18)19/h2-5H,6-7H2,1H3. The molecule has 0 unspecified atom stereocenters. The maximum Gasteiger partial charge on any atom is 0.401 e. The second-order valence-corrected chi connectivity index (χ2v) is 4.02. The fraction of sp³-hybridized carbons (Fsp3) is 0.364. The van der Waals surface area contributed by atoms with Gasteiger partial charge in [-0.2, -0.15) is 13.2 Å². The monoisotopic (exact) mass is 276 g/mol. The molecule has 0 aliphatic rings. The van der Waals surface area contributed by atoms with Gasteiger partial charge in [-0.15, -0.1) is 0 Å². The Morgan fingerprint density at radius 3 is 2.58 bits per heavy atom. The van der Waals surface area contributed by atoms with Crippen molar-refractivity contribution >= 4 is 11.5 Å². The van der Waals surface area contributed by atoms with Gasteiger partial charge >= 0.3 is 6.18 Å². The molecule has 0 aromatic heterocycles. The summed E-state index contributed by atoms with van der Waals surface area (Å²) in [5.41, 5.74) is -0.257. The summed E-state index contributed by atoms with van der Waals surface area (Å²) in [6, 6.07) is 4.89. The van der Waals surface area contributed by atoms with E-state index in [0.717, 1.165) is 18.0 Å². The van der Waals surface area contributed by atoms with E-state index in [2.05, 4.69) is 0 Å². The quantitative estimate of drug-likeness (QED) is 0.470. The van der Waals surface area contributed by atoms with Crippen molar-refractivity contribution in [3.8, 4) is 0 Å². The van der Waals surface area contributed by atoms with E-state index in [9.17, 15) is 28.1 Å². The molecule has 0 amide bonds. The third-order valence-electron chi connectivity index (χ3n) is 2.24. The summed E-state index contributed by atoms with van der Waals surface area (Å²) in [6.45, 7) is -1.67. The molecule has 0 spiro atoms. The van der Waals surface area contributed by atoms with Gasteiger partial charge in [0.1, 0.15) is 0 Å². The lowest BCUT2D eigenvalue weighted by molar-refractivity contribution is -0.384. The molecule has 5 nitrogen and oxygen atoms in total. The van der Waals surface area contributed by atoms with E-state index in [4.69, 9.17) is 0 Å². The van der Waals surface area contributed by atoms with Crippen molar-refractivity contribution in [1.29, 1.82) is 0 Å². The minimum atomic E-state index is -4.39. The minimum Gasteiger partial charge on any atom is -0.293 e. The fourth-order valence-corrected chi connectivity index (χ4v) is 1.49. The maximum absolute atomic E-state index is 12.1. The van der Waals surface area contributed by atoms with Gasteiger partial charge in [0.15, 0.2) is 5.78 Å². The number of ketones is 1. The fourth-order valence-electron chi connectivity index (χ4n) is 1.49. The number of hydrogen-bond acceptors (Lipinski definition) is 4. The van der Waals surface area contributed by atoms with Gasteiger partial charge in [-0.1, -0.05) is 12.1 Å². The second-order valence-electron chi connectivity index (χ2n) is 4.02. The van der Waals surface area contributed by atoms with Crippen LogP contribution in [0.2, 0.25) is 0 Å². The summed E-state index contributed by atoms with van der Waals surface area (Å²) in [5.74, 6) is -0.601. The lowest BCUT2D eigenvalue weighted by Gasteiger charge is -2.17. The Balaban J connectivity index is 2.73. The molecule has 0 saturated carbocycles. The lowest BCUT2D eigenvalue weighted by Crippen LogP contribution is -2.34. The highest BCUT2D eigenvalue weighted by Gasteiger charge is 2.29. The Kier molecular flexibility index (Phi) is 4.60. The number of alkyl halides is 3. The molecular formula is C11H11F3N2O3. The Morgan fingerprint density at radius 2 is 2.05 bits per heavy atom. The first-order valence-electron chi connectivity index (χ1n) is 5.22. The third kappa shape index (κ3) is 5.04. The Hall–Kier alpha value is -1.96. The number of nitro benzene ring substituents is 1. The van der Waals surface area contributed by atoms with Gasteiger partial charge in [-0.3, -0.25) is 19.8 Å². The van der Waals surface area contributed by atoms with Crippen LogP contribution in [0, 0.1) is 10.1 Å². The van der Waals surface area contributed by atoms with Crippen molar-refractivity contribution in [3.05, 3.63) is 39.9 Å². The van der Waals surface area contributed by atoms with Gasteiger partial charge in [-0.25, -0.2) is 0 Å². The lowest BCUT2D eigenvalue weighted by atomic mass is 10.1. The normalized spacial score (nSPS) is 11.6. The van der Waals surface area contributed by atoms with Gasteiger partial charge < -0.3 is 0 Å². The first-order chi connectivity index (χ1) is 8.69. The van der Waals surface area contributed by atoms with Crippen LogP contribution in [0.1, 0.15) is 10.4 Å². The average Bonchev–Trinajstić information content (AvgIpc) is 2.26. The van der Waals surface area contributed by atoms with Crippen LogP contribution in [0.25, 0.3) is 0 Å². The summed E-state index contributed by atoms with van der Waals surface area (Å²) < 4.78 is 36.3. The van der Waals surface area contributed by atoms with E-state index < -0.39 is 30.0 Å². The van der Waals surface area contributed by atoms with Crippen molar-refractivity contribution < 1.29 is 22.9 Å². The molecule has 0 aliphatic heterocycles. The van der Waals surface area contributed by atoms with Gasteiger partial charge in [0.25, 0.3) is 5.69 Å². The van der Waals surface area contributed by atoms with E-state index >= 15 is 0 Å². The summed E-state index contributed by atoms with van der Waals surface area (Å²) in [6.07, 6.45) is -4.39. The van der Waals surface area contributed by atoms with Crippen LogP contribution >= 0.6 is 0 Å². The molecule has 0 saturated heterocycles. The van der Waals surface area contributed by atoms with Crippen LogP contribution in [0.15, 0.2) is 24.3 Å². The van der Waals surface area contributed by atoms with Crippen LogP contribution in [-0.4, -0.2) is 41.9 Å². The first kappa shape index (κ1) is 15.1. The highest BCUT2D eigenvalue weighted by Crippen LogP contribution is 2.17. The zero-order valence-electron chi connectivity index (χ0n) is 9.98. The molecule has 8 heteroatoms. The van der Waals surface area contributed by atoms with Crippen molar-refractivity contribution in [2.45, 2.75) is 6.18 Å². The van der Waals surface area contributed by atoms with Gasteiger partial charge in [-0.05, 0) is 7.05 Å². The summed E-state index contributed by atoms with van der Waals surface area (Å²) in [4.78, 5) is 22.3. The minimum absolute atomic E-state index is 0.0169.